The summed E-state index contributed by atoms with van der Waals surface area (Å²) in [5, 5.41) is 9.31. The summed E-state index contributed by atoms with van der Waals surface area (Å²) in [6.07, 6.45) is 1.13. The molecule has 1 N–H and O–H groups in total. The standard InChI is InChI=1S/C14H20O2/c1-14(2,10-15)13-5-3-11(4-6-13)12-7-8-16-9-12/h3-6,12,15H,7-10H2,1-2H3. The Morgan fingerprint density at radius 3 is 2.50 bits per heavy atom. The molecule has 1 atom stereocenters. The van der Waals surface area contributed by atoms with Crippen molar-refractivity contribution in [1.29, 1.82) is 0 Å². The molecular formula is C14H20O2. The van der Waals surface area contributed by atoms with E-state index in [1.165, 1.54) is 11.1 Å². The molecule has 0 bridgehead atoms. The molecule has 16 heavy (non-hydrogen) atoms. The molecule has 2 rings (SSSR count). The van der Waals surface area contributed by atoms with Gasteiger partial charge in [-0.25, -0.2) is 0 Å². The first-order chi connectivity index (χ1) is 7.63. The lowest BCUT2D eigenvalue weighted by molar-refractivity contribution is 0.194. The first kappa shape index (κ1) is 11.6. The minimum Gasteiger partial charge on any atom is -0.395 e. The maximum absolute atomic E-state index is 9.31. The van der Waals surface area contributed by atoms with E-state index in [-0.39, 0.29) is 12.0 Å². The first-order valence-electron chi connectivity index (χ1n) is 5.92. The van der Waals surface area contributed by atoms with Gasteiger partial charge in [-0.1, -0.05) is 38.1 Å². The van der Waals surface area contributed by atoms with Crippen molar-refractivity contribution < 1.29 is 9.84 Å². The zero-order valence-corrected chi connectivity index (χ0v) is 10.1. The summed E-state index contributed by atoms with van der Waals surface area (Å²) < 4.78 is 5.39. The number of hydrogen-bond acceptors (Lipinski definition) is 2. The molecule has 1 fully saturated rings. The van der Waals surface area contributed by atoms with Crippen LogP contribution in [0.4, 0.5) is 0 Å². The van der Waals surface area contributed by atoms with Crippen molar-refractivity contribution in [1.82, 2.24) is 0 Å². The molecule has 2 nitrogen and oxygen atoms in total. The second-order valence-electron chi connectivity index (χ2n) is 5.22. The van der Waals surface area contributed by atoms with Crippen molar-refractivity contribution in [2.45, 2.75) is 31.6 Å². The Morgan fingerprint density at radius 2 is 2.00 bits per heavy atom. The predicted molar refractivity (Wildman–Crippen MR) is 64.7 cm³/mol. The van der Waals surface area contributed by atoms with Crippen LogP contribution in [-0.4, -0.2) is 24.9 Å². The van der Waals surface area contributed by atoms with E-state index in [1.807, 2.05) is 0 Å². The van der Waals surface area contributed by atoms with Gasteiger partial charge in [0.05, 0.1) is 13.2 Å². The molecule has 2 heteroatoms. The Kier molecular flexibility index (Phi) is 3.31. The highest BCUT2D eigenvalue weighted by atomic mass is 16.5. The lowest BCUT2D eigenvalue weighted by Gasteiger charge is -2.22. The number of rotatable bonds is 3. The van der Waals surface area contributed by atoms with E-state index in [0.29, 0.717) is 5.92 Å². The second kappa shape index (κ2) is 4.56. The number of aliphatic hydroxyl groups excluding tert-OH is 1. The predicted octanol–water partition coefficient (Wildman–Crippen LogP) is 2.46. The molecule has 1 saturated heterocycles. The second-order valence-corrected chi connectivity index (χ2v) is 5.22. The fraction of sp³-hybridized carbons (Fsp3) is 0.571. The van der Waals surface area contributed by atoms with Crippen LogP contribution < -0.4 is 0 Å². The molecular weight excluding hydrogens is 200 g/mol. The van der Waals surface area contributed by atoms with Crippen LogP contribution in [-0.2, 0) is 10.2 Å². The van der Waals surface area contributed by atoms with Crippen LogP contribution in [0.3, 0.4) is 0 Å². The number of aliphatic hydroxyl groups is 1. The van der Waals surface area contributed by atoms with Gasteiger partial charge >= 0.3 is 0 Å². The third-order valence-corrected chi connectivity index (χ3v) is 3.49. The normalized spacial score (nSPS) is 21.3. The van der Waals surface area contributed by atoms with Crippen LogP contribution in [0.15, 0.2) is 24.3 Å². The Hall–Kier alpha value is -0.860. The Balaban J connectivity index is 2.15. The topological polar surface area (TPSA) is 29.5 Å². The van der Waals surface area contributed by atoms with Gasteiger partial charge in [-0.3, -0.25) is 0 Å². The molecule has 0 spiro atoms. The van der Waals surface area contributed by atoms with Gasteiger partial charge in [-0.15, -0.1) is 0 Å². The fourth-order valence-electron chi connectivity index (χ4n) is 2.10. The molecule has 88 valence electrons. The molecule has 1 heterocycles. The lowest BCUT2D eigenvalue weighted by atomic mass is 9.84. The molecule has 1 aliphatic heterocycles. The van der Waals surface area contributed by atoms with Crippen LogP contribution in [0.1, 0.15) is 37.3 Å². The van der Waals surface area contributed by atoms with Crippen LogP contribution in [0.2, 0.25) is 0 Å². The fourth-order valence-corrected chi connectivity index (χ4v) is 2.10. The minimum absolute atomic E-state index is 0.148. The third kappa shape index (κ3) is 2.28. The van der Waals surface area contributed by atoms with Gasteiger partial charge in [0, 0.05) is 17.9 Å². The molecule has 0 aliphatic carbocycles. The Morgan fingerprint density at radius 1 is 1.31 bits per heavy atom. The van der Waals surface area contributed by atoms with Crippen molar-refractivity contribution >= 4 is 0 Å². The van der Waals surface area contributed by atoms with Crippen molar-refractivity contribution in [3.05, 3.63) is 35.4 Å². The number of ether oxygens (including phenoxy) is 1. The Labute approximate surface area is 97.3 Å². The maximum Gasteiger partial charge on any atom is 0.0535 e. The van der Waals surface area contributed by atoms with E-state index in [2.05, 4.69) is 38.1 Å². The van der Waals surface area contributed by atoms with E-state index >= 15 is 0 Å². The molecule has 0 amide bonds. The summed E-state index contributed by atoms with van der Waals surface area (Å²) in [6.45, 7) is 6.03. The Bertz CT molecular complexity index is 334. The zero-order valence-electron chi connectivity index (χ0n) is 10.1. The summed E-state index contributed by atoms with van der Waals surface area (Å²) >= 11 is 0. The molecule has 1 unspecified atom stereocenters. The highest BCUT2D eigenvalue weighted by Gasteiger charge is 2.21. The largest absolute Gasteiger partial charge is 0.395 e. The molecule has 1 aliphatic rings. The smallest absolute Gasteiger partial charge is 0.0535 e. The minimum atomic E-state index is -0.148. The molecule has 1 aromatic rings. The van der Waals surface area contributed by atoms with E-state index in [1.54, 1.807) is 0 Å². The maximum atomic E-state index is 9.31. The van der Waals surface area contributed by atoms with Gasteiger partial charge in [-0.05, 0) is 17.5 Å². The van der Waals surface area contributed by atoms with Crippen molar-refractivity contribution in [3.8, 4) is 0 Å². The average molecular weight is 220 g/mol. The summed E-state index contributed by atoms with van der Waals surface area (Å²) in [7, 11) is 0. The van der Waals surface area contributed by atoms with Crippen LogP contribution >= 0.6 is 0 Å². The van der Waals surface area contributed by atoms with Crippen LogP contribution in [0.25, 0.3) is 0 Å². The molecule has 0 radical (unpaired) electrons. The van der Waals surface area contributed by atoms with E-state index < -0.39 is 0 Å². The van der Waals surface area contributed by atoms with Gasteiger partial charge in [-0.2, -0.15) is 0 Å². The SMILES string of the molecule is CC(C)(CO)c1ccc(C2CCOC2)cc1. The quantitative estimate of drug-likeness (QED) is 0.848. The van der Waals surface area contributed by atoms with Crippen molar-refractivity contribution in [2.24, 2.45) is 0 Å². The molecule has 0 saturated carbocycles. The van der Waals surface area contributed by atoms with Crippen LogP contribution in [0.5, 0.6) is 0 Å². The van der Waals surface area contributed by atoms with E-state index in [9.17, 15) is 5.11 Å². The van der Waals surface area contributed by atoms with Gasteiger partial charge in [0.25, 0.3) is 0 Å². The van der Waals surface area contributed by atoms with E-state index in [0.717, 1.165) is 19.6 Å². The molecule has 1 aromatic carbocycles. The summed E-state index contributed by atoms with van der Waals surface area (Å²) in [4.78, 5) is 0. The van der Waals surface area contributed by atoms with Crippen molar-refractivity contribution in [3.63, 3.8) is 0 Å². The van der Waals surface area contributed by atoms with Gasteiger partial charge in [0.2, 0.25) is 0 Å². The lowest BCUT2D eigenvalue weighted by Crippen LogP contribution is -2.21. The monoisotopic (exact) mass is 220 g/mol. The van der Waals surface area contributed by atoms with Crippen LogP contribution in [0, 0.1) is 0 Å². The first-order valence-corrected chi connectivity index (χ1v) is 5.92. The molecule has 0 aromatic heterocycles. The highest BCUT2D eigenvalue weighted by molar-refractivity contribution is 5.30. The van der Waals surface area contributed by atoms with Gasteiger partial charge in [0.1, 0.15) is 0 Å². The summed E-state index contributed by atoms with van der Waals surface area (Å²) in [5.74, 6) is 0.561. The zero-order chi connectivity index (χ0) is 11.6. The van der Waals surface area contributed by atoms with Gasteiger partial charge in [0.15, 0.2) is 0 Å². The summed E-state index contributed by atoms with van der Waals surface area (Å²) in [6, 6.07) is 8.60. The highest BCUT2D eigenvalue weighted by Crippen LogP contribution is 2.28. The summed E-state index contributed by atoms with van der Waals surface area (Å²) in [5.41, 5.74) is 2.40. The number of benzene rings is 1. The van der Waals surface area contributed by atoms with Crippen molar-refractivity contribution in [2.75, 3.05) is 19.8 Å². The van der Waals surface area contributed by atoms with Gasteiger partial charge < -0.3 is 9.84 Å². The number of hydrogen-bond donors (Lipinski definition) is 1. The van der Waals surface area contributed by atoms with E-state index in [4.69, 9.17) is 4.74 Å². The average Bonchev–Trinajstić information content (AvgIpc) is 2.83. The third-order valence-electron chi connectivity index (χ3n) is 3.49.